The summed E-state index contributed by atoms with van der Waals surface area (Å²) in [7, 11) is 1.70. The molecular weight excluding hydrogens is 380 g/mol. The molecule has 0 saturated heterocycles. The van der Waals surface area contributed by atoms with E-state index in [0.29, 0.717) is 5.16 Å². The normalized spacial score (nSPS) is 16.0. The van der Waals surface area contributed by atoms with Crippen molar-refractivity contribution in [3.8, 4) is 6.07 Å². The maximum absolute atomic E-state index is 12.9. The van der Waals surface area contributed by atoms with E-state index in [-0.39, 0.29) is 23.1 Å². The molecule has 0 fully saturated rings. The number of carbonyl (C=O) groups excluding carboxylic acids is 1. The smallest absolute Gasteiger partial charge is 0.262 e. The average molecular weight is 405 g/mol. The number of amides is 1. The van der Waals surface area contributed by atoms with Gasteiger partial charge in [0.15, 0.2) is 5.16 Å². The van der Waals surface area contributed by atoms with Gasteiger partial charge in [0.25, 0.3) is 5.56 Å². The third kappa shape index (κ3) is 3.76. The molecule has 0 aromatic carbocycles. The second-order valence-electron chi connectivity index (χ2n) is 7.46. The standard InChI is InChI=1S/C19H24N4O2S2/c1-11(2)19(3,10-20)22-14(24)9-26-18-21-16-15(17(25)23(18)4)12-7-5-6-8-13(12)27-16/h11H,5-9H2,1-4H3,(H,22,24)/t19-/m0/s1. The lowest BCUT2D eigenvalue weighted by Gasteiger charge is -2.27. The van der Waals surface area contributed by atoms with Gasteiger partial charge in [-0.2, -0.15) is 5.26 Å². The fourth-order valence-corrected chi connectivity index (χ4v) is 5.23. The topological polar surface area (TPSA) is 87.8 Å². The molecule has 0 aliphatic heterocycles. The summed E-state index contributed by atoms with van der Waals surface area (Å²) in [5.41, 5.74) is 0.227. The van der Waals surface area contributed by atoms with Crippen LogP contribution in [0, 0.1) is 17.2 Å². The van der Waals surface area contributed by atoms with Gasteiger partial charge in [-0.15, -0.1) is 11.3 Å². The van der Waals surface area contributed by atoms with Crippen LogP contribution in [0.3, 0.4) is 0 Å². The first-order valence-corrected chi connectivity index (χ1v) is 10.9. The molecule has 2 aromatic heterocycles. The van der Waals surface area contributed by atoms with Gasteiger partial charge in [0.05, 0.1) is 17.2 Å². The Balaban J connectivity index is 1.82. The van der Waals surface area contributed by atoms with Gasteiger partial charge in [-0.25, -0.2) is 4.98 Å². The minimum atomic E-state index is -0.909. The van der Waals surface area contributed by atoms with Crippen molar-refractivity contribution in [3.05, 3.63) is 20.8 Å². The molecule has 0 bridgehead atoms. The van der Waals surface area contributed by atoms with E-state index < -0.39 is 5.54 Å². The lowest BCUT2D eigenvalue weighted by molar-refractivity contribution is -0.120. The van der Waals surface area contributed by atoms with Gasteiger partial charge in [0.2, 0.25) is 5.91 Å². The zero-order valence-corrected chi connectivity index (χ0v) is 17.7. The highest BCUT2D eigenvalue weighted by atomic mass is 32.2. The quantitative estimate of drug-likeness (QED) is 0.611. The van der Waals surface area contributed by atoms with Crippen LogP contribution in [0.2, 0.25) is 0 Å². The molecule has 6 nitrogen and oxygen atoms in total. The third-order valence-corrected chi connectivity index (χ3v) is 7.49. The Labute approximate surface area is 167 Å². The molecule has 0 spiro atoms. The van der Waals surface area contributed by atoms with E-state index in [9.17, 15) is 14.9 Å². The number of nitrogens with one attached hydrogen (secondary N) is 1. The highest BCUT2D eigenvalue weighted by Gasteiger charge is 2.30. The number of hydrogen-bond donors (Lipinski definition) is 1. The molecule has 1 amide bonds. The zero-order valence-electron chi connectivity index (χ0n) is 16.1. The van der Waals surface area contributed by atoms with E-state index in [4.69, 9.17) is 0 Å². The van der Waals surface area contributed by atoms with Crippen LogP contribution in [0.5, 0.6) is 0 Å². The molecule has 1 aliphatic carbocycles. The van der Waals surface area contributed by atoms with Crippen molar-refractivity contribution < 1.29 is 4.79 Å². The SMILES string of the molecule is CC(C)[C@](C)(C#N)NC(=O)CSc1nc2sc3c(c2c(=O)n1C)CCCC3. The van der Waals surface area contributed by atoms with Gasteiger partial charge < -0.3 is 5.32 Å². The molecule has 1 aliphatic rings. The number of fused-ring (bicyclic) bond motifs is 3. The Morgan fingerprint density at radius 2 is 2.15 bits per heavy atom. The minimum absolute atomic E-state index is 0.00674. The summed E-state index contributed by atoms with van der Waals surface area (Å²) < 4.78 is 1.54. The summed E-state index contributed by atoms with van der Waals surface area (Å²) in [5, 5.41) is 13.4. The van der Waals surface area contributed by atoms with Crippen LogP contribution >= 0.6 is 23.1 Å². The summed E-state index contributed by atoms with van der Waals surface area (Å²) in [4.78, 5) is 31.9. The Hall–Kier alpha value is -1.85. The van der Waals surface area contributed by atoms with Crippen molar-refractivity contribution in [1.82, 2.24) is 14.9 Å². The van der Waals surface area contributed by atoms with Gasteiger partial charge in [0, 0.05) is 11.9 Å². The molecule has 144 valence electrons. The van der Waals surface area contributed by atoms with Crippen LogP contribution in [0.25, 0.3) is 10.2 Å². The first-order valence-electron chi connectivity index (χ1n) is 9.13. The van der Waals surface area contributed by atoms with E-state index in [1.165, 1.54) is 26.8 Å². The van der Waals surface area contributed by atoms with Gasteiger partial charge in [-0.1, -0.05) is 25.6 Å². The maximum Gasteiger partial charge on any atom is 0.262 e. The number of thiophene rings is 1. The minimum Gasteiger partial charge on any atom is -0.337 e. The molecular formula is C19H24N4O2S2. The molecule has 0 radical (unpaired) electrons. The Morgan fingerprint density at radius 3 is 2.81 bits per heavy atom. The summed E-state index contributed by atoms with van der Waals surface area (Å²) >= 11 is 2.84. The largest absolute Gasteiger partial charge is 0.337 e. The molecule has 0 unspecified atom stereocenters. The van der Waals surface area contributed by atoms with Crippen molar-refractivity contribution in [1.29, 1.82) is 5.26 Å². The predicted molar refractivity (Wildman–Crippen MR) is 109 cm³/mol. The lowest BCUT2D eigenvalue weighted by atomic mass is 9.90. The van der Waals surface area contributed by atoms with E-state index in [0.717, 1.165) is 35.9 Å². The number of nitriles is 1. The van der Waals surface area contributed by atoms with Crippen molar-refractivity contribution in [2.75, 3.05) is 5.75 Å². The third-order valence-electron chi connectivity index (χ3n) is 5.27. The Kier molecular flexibility index (Phi) is 5.63. The molecule has 1 N–H and O–H groups in total. The molecule has 1 atom stereocenters. The van der Waals surface area contributed by atoms with Crippen LogP contribution in [0.4, 0.5) is 0 Å². The van der Waals surface area contributed by atoms with Crippen molar-refractivity contribution in [2.45, 2.75) is 57.1 Å². The number of aryl methyl sites for hydroxylation is 2. The van der Waals surface area contributed by atoms with Crippen LogP contribution < -0.4 is 10.9 Å². The van der Waals surface area contributed by atoms with E-state index >= 15 is 0 Å². The van der Waals surface area contributed by atoms with Crippen molar-refractivity contribution in [3.63, 3.8) is 0 Å². The summed E-state index contributed by atoms with van der Waals surface area (Å²) in [6.45, 7) is 5.51. The fourth-order valence-electron chi connectivity index (χ4n) is 3.15. The van der Waals surface area contributed by atoms with Crippen molar-refractivity contribution in [2.24, 2.45) is 13.0 Å². The van der Waals surface area contributed by atoms with Gasteiger partial charge in [-0.05, 0) is 44.1 Å². The second-order valence-corrected chi connectivity index (χ2v) is 9.48. The maximum atomic E-state index is 12.9. The monoisotopic (exact) mass is 404 g/mol. The first-order chi connectivity index (χ1) is 12.8. The number of hydrogen-bond acceptors (Lipinski definition) is 6. The van der Waals surface area contributed by atoms with Gasteiger partial charge in [0.1, 0.15) is 10.4 Å². The van der Waals surface area contributed by atoms with Crippen LogP contribution in [0.1, 0.15) is 44.1 Å². The van der Waals surface area contributed by atoms with Crippen LogP contribution in [-0.2, 0) is 24.7 Å². The molecule has 2 heterocycles. The zero-order chi connectivity index (χ0) is 19.8. The highest BCUT2D eigenvalue weighted by molar-refractivity contribution is 7.99. The van der Waals surface area contributed by atoms with Crippen LogP contribution in [0.15, 0.2) is 9.95 Å². The fraction of sp³-hybridized carbons (Fsp3) is 0.579. The summed E-state index contributed by atoms with van der Waals surface area (Å²) in [6.07, 6.45) is 4.25. The number of rotatable bonds is 5. The summed E-state index contributed by atoms with van der Waals surface area (Å²) in [5.74, 6) is -0.133. The Morgan fingerprint density at radius 1 is 1.44 bits per heavy atom. The first kappa shape index (κ1) is 19.9. The van der Waals surface area contributed by atoms with Crippen molar-refractivity contribution >= 4 is 39.2 Å². The second kappa shape index (κ2) is 7.64. The molecule has 2 aromatic rings. The number of aromatic nitrogens is 2. The lowest BCUT2D eigenvalue weighted by Crippen LogP contribution is -2.49. The van der Waals surface area contributed by atoms with E-state index in [1.54, 1.807) is 25.3 Å². The van der Waals surface area contributed by atoms with E-state index in [2.05, 4.69) is 16.4 Å². The van der Waals surface area contributed by atoms with Gasteiger partial charge >= 0.3 is 0 Å². The molecule has 0 saturated carbocycles. The predicted octanol–water partition coefficient (Wildman–Crippen LogP) is 3.02. The Bertz CT molecular complexity index is 986. The molecule has 3 rings (SSSR count). The molecule has 8 heteroatoms. The number of carbonyl (C=O) groups is 1. The van der Waals surface area contributed by atoms with Crippen LogP contribution in [-0.4, -0.2) is 26.8 Å². The van der Waals surface area contributed by atoms with E-state index in [1.807, 2.05) is 13.8 Å². The summed E-state index contributed by atoms with van der Waals surface area (Å²) in [6, 6.07) is 2.17. The number of thioether (sulfide) groups is 1. The average Bonchev–Trinajstić information content (AvgIpc) is 3.01. The molecule has 27 heavy (non-hydrogen) atoms. The number of nitrogens with zero attached hydrogens (tertiary/aromatic N) is 3. The highest BCUT2D eigenvalue weighted by Crippen LogP contribution is 2.34. The van der Waals surface area contributed by atoms with Gasteiger partial charge in [-0.3, -0.25) is 14.2 Å².